The van der Waals surface area contributed by atoms with Gasteiger partial charge in [0.2, 0.25) is 0 Å². The van der Waals surface area contributed by atoms with E-state index >= 15 is 0 Å². The van der Waals surface area contributed by atoms with Crippen LogP contribution in [0.2, 0.25) is 0 Å². The van der Waals surface area contributed by atoms with E-state index in [9.17, 15) is 0 Å². The van der Waals surface area contributed by atoms with Gasteiger partial charge in [-0.05, 0) is 104 Å². The Kier molecular flexibility index (Phi) is 7.96. The Morgan fingerprint density at radius 2 is 0.864 bits per heavy atom. The maximum absolute atomic E-state index is 2.83. The largest absolute Gasteiger partial charge is 0.310 e. The number of nitrogens with zero attached hydrogens (tertiary/aromatic N) is 1. The van der Waals surface area contributed by atoms with Gasteiger partial charge < -0.3 is 4.90 Å². The molecule has 0 saturated carbocycles. The van der Waals surface area contributed by atoms with E-state index in [4.69, 9.17) is 0 Å². The molecule has 0 radical (unpaired) electrons. The summed E-state index contributed by atoms with van der Waals surface area (Å²) in [6.07, 6.45) is 0. The van der Waals surface area contributed by atoms with Crippen LogP contribution >= 0.6 is 23.1 Å². The molecule has 0 atom stereocenters. The summed E-state index contributed by atoms with van der Waals surface area (Å²) in [5.74, 6) is 0. The Morgan fingerprint density at radius 3 is 1.56 bits per heavy atom. The molecule has 12 rings (SSSR count). The van der Waals surface area contributed by atoms with Gasteiger partial charge >= 0.3 is 0 Å². The minimum absolute atomic E-state index is 0.573. The van der Waals surface area contributed by atoms with Crippen LogP contribution in [-0.2, 0) is 5.41 Å². The van der Waals surface area contributed by atoms with Crippen LogP contribution in [0.15, 0.2) is 234 Å². The lowest BCUT2D eigenvalue weighted by Gasteiger charge is -2.51. The van der Waals surface area contributed by atoms with Crippen molar-refractivity contribution in [2.24, 2.45) is 0 Å². The molecule has 0 unspecified atom stereocenters. The summed E-state index contributed by atoms with van der Waals surface area (Å²) in [5, 5.41) is 8.30. The van der Waals surface area contributed by atoms with Crippen molar-refractivity contribution >= 4 is 89.2 Å². The summed E-state index contributed by atoms with van der Waals surface area (Å²) in [6.45, 7) is 0. The molecule has 9 aromatic carbocycles. The van der Waals surface area contributed by atoms with Crippen molar-refractivity contribution in [3.8, 4) is 0 Å². The van der Waals surface area contributed by atoms with Crippen LogP contribution in [0.1, 0.15) is 22.3 Å². The van der Waals surface area contributed by atoms with E-state index in [0.717, 1.165) is 17.1 Å². The summed E-state index contributed by atoms with van der Waals surface area (Å²) in [6, 6.07) is 84.8. The third-order valence-electron chi connectivity index (χ3n) is 12.7. The molecule has 1 aromatic heterocycles. The van der Waals surface area contributed by atoms with E-state index in [1.54, 1.807) is 0 Å². The van der Waals surface area contributed by atoms with Crippen molar-refractivity contribution in [1.82, 2.24) is 0 Å². The van der Waals surface area contributed by atoms with Crippen LogP contribution in [-0.4, -0.2) is 8.07 Å². The van der Waals surface area contributed by atoms with Gasteiger partial charge in [0, 0.05) is 47.0 Å². The van der Waals surface area contributed by atoms with Crippen molar-refractivity contribution in [3.05, 3.63) is 247 Å². The standard InChI is InChI=1S/C55H37NS2Si/c1-4-18-38(19-5-1)56(39-32-34-50-44(36-39)43-24-10-14-28-49(43)57-50)40-33-35-52-48(37-40)55(45-25-11-15-29-51(45)58-52)46-26-12-16-30-53(46)59(41-20-6-2-7-21-41,42-22-8-3-9-23-42)54-31-17-13-27-47(54)55/h1-37H. The van der Waals surface area contributed by atoms with Gasteiger partial charge in [0.1, 0.15) is 0 Å². The molecule has 0 fully saturated rings. The fourth-order valence-electron chi connectivity index (χ4n) is 10.4. The first-order valence-corrected chi connectivity index (χ1v) is 23.9. The van der Waals surface area contributed by atoms with Gasteiger partial charge in [-0.15, -0.1) is 11.3 Å². The molecule has 0 saturated heterocycles. The first-order valence-electron chi connectivity index (χ1n) is 20.3. The second-order valence-electron chi connectivity index (χ2n) is 15.6. The molecular weight excluding hydrogens is 767 g/mol. The zero-order valence-corrected chi connectivity index (χ0v) is 34.8. The van der Waals surface area contributed by atoms with Crippen molar-refractivity contribution in [1.29, 1.82) is 0 Å². The van der Waals surface area contributed by atoms with E-state index in [2.05, 4.69) is 229 Å². The molecule has 1 nitrogen and oxygen atoms in total. The highest BCUT2D eigenvalue weighted by Gasteiger charge is 2.57. The highest BCUT2D eigenvalue weighted by molar-refractivity contribution is 7.99. The predicted molar refractivity (Wildman–Crippen MR) is 254 cm³/mol. The number of hydrogen-bond acceptors (Lipinski definition) is 3. The Bertz CT molecular complexity index is 3120. The molecule has 4 heteroatoms. The van der Waals surface area contributed by atoms with Crippen LogP contribution in [0, 0.1) is 0 Å². The lowest BCUT2D eigenvalue weighted by Crippen LogP contribution is -2.79. The second-order valence-corrected chi connectivity index (χ2v) is 21.5. The van der Waals surface area contributed by atoms with E-state index in [-0.39, 0.29) is 0 Å². The first-order chi connectivity index (χ1) is 29.3. The van der Waals surface area contributed by atoms with Crippen molar-refractivity contribution in [3.63, 3.8) is 0 Å². The Labute approximate surface area is 353 Å². The second kappa shape index (κ2) is 13.6. The molecule has 0 aliphatic carbocycles. The average Bonchev–Trinajstić information content (AvgIpc) is 3.68. The number of anilines is 3. The molecule has 2 aliphatic rings. The maximum atomic E-state index is 2.52. The van der Waals surface area contributed by atoms with E-state index in [0.29, 0.717) is 0 Å². The van der Waals surface area contributed by atoms with Gasteiger partial charge in [-0.1, -0.05) is 176 Å². The molecule has 278 valence electrons. The first kappa shape index (κ1) is 34.6. The zero-order chi connectivity index (χ0) is 39.0. The summed E-state index contributed by atoms with van der Waals surface area (Å²) in [4.78, 5) is 5.05. The van der Waals surface area contributed by atoms with Crippen LogP contribution < -0.4 is 25.6 Å². The monoisotopic (exact) mass is 803 g/mol. The molecule has 10 aromatic rings. The van der Waals surface area contributed by atoms with Crippen LogP contribution in [0.4, 0.5) is 17.1 Å². The van der Waals surface area contributed by atoms with Crippen molar-refractivity contribution in [2.75, 3.05) is 4.90 Å². The summed E-state index contributed by atoms with van der Waals surface area (Å²) < 4.78 is 2.62. The Hall–Kier alpha value is -6.43. The summed E-state index contributed by atoms with van der Waals surface area (Å²) in [7, 11) is -2.83. The highest BCUT2D eigenvalue weighted by Crippen LogP contribution is 2.57. The summed E-state index contributed by atoms with van der Waals surface area (Å²) >= 11 is 3.77. The molecule has 0 bridgehead atoms. The van der Waals surface area contributed by atoms with Gasteiger partial charge in [-0.3, -0.25) is 0 Å². The number of benzene rings is 9. The Balaban J connectivity index is 1.18. The zero-order valence-electron chi connectivity index (χ0n) is 32.1. The van der Waals surface area contributed by atoms with Crippen LogP contribution in [0.5, 0.6) is 0 Å². The van der Waals surface area contributed by atoms with E-state index in [1.165, 1.54) is 73.0 Å². The lowest BCUT2D eigenvalue weighted by molar-refractivity contribution is 0.707. The van der Waals surface area contributed by atoms with Gasteiger partial charge in [0.05, 0.1) is 5.41 Å². The fraction of sp³-hybridized carbons (Fsp3) is 0.0182. The minimum Gasteiger partial charge on any atom is -0.310 e. The number of thiophene rings is 1. The van der Waals surface area contributed by atoms with Crippen molar-refractivity contribution in [2.45, 2.75) is 15.2 Å². The third-order valence-corrected chi connectivity index (χ3v) is 19.8. The number of hydrogen-bond donors (Lipinski definition) is 0. The SMILES string of the molecule is c1ccc(N(c2ccc3c(c2)C2(c4ccccc4S3)c3ccccc3[Si](c3ccccc3)(c3ccccc3)c3ccccc32)c2ccc3sc4ccccc4c3c2)cc1. The topological polar surface area (TPSA) is 3.24 Å². The average molecular weight is 804 g/mol. The fourth-order valence-corrected chi connectivity index (χ4v) is 17.9. The minimum atomic E-state index is -2.83. The van der Waals surface area contributed by atoms with E-state index < -0.39 is 13.5 Å². The third kappa shape index (κ3) is 4.98. The Morgan fingerprint density at radius 1 is 0.356 bits per heavy atom. The molecule has 59 heavy (non-hydrogen) atoms. The molecular formula is C55H37NS2Si. The quantitative estimate of drug-likeness (QED) is 0.159. The van der Waals surface area contributed by atoms with Crippen LogP contribution in [0.3, 0.4) is 0 Å². The molecule has 1 spiro atoms. The lowest BCUT2D eigenvalue weighted by atomic mass is 9.64. The van der Waals surface area contributed by atoms with E-state index in [1.807, 2.05) is 23.1 Å². The number of fused-ring (bicyclic) bond motifs is 11. The molecule has 0 amide bonds. The van der Waals surface area contributed by atoms with Gasteiger partial charge in [-0.2, -0.15) is 0 Å². The molecule has 3 heterocycles. The maximum Gasteiger partial charge on any atom is 0.180 e. The smallest absolute Gasteiger partial charge is 0.180 e. The van der Waals surface area contributed by atoms with Gasteiger partial charge in [0.15, 0.2) is 8.07 Å². The summed E-state index contributed by atoms with van der Waals surface area (Å²) in [5.41, 5.74) is 8.27. The molecule has 2 aliphatic heterocycles. The van der Waals surface area contributed by atoms with Gasteiger partial charge in [-0.25, -0.2) is 0 Å². The van der Waals surface area contributed by atoms with Gasteiger partial charge in [0.25, 0.3) is 0 Å². The normalized spacial score (nSPS) is 14.3. The molecule has 0 N–H and O–H groups in total. The highest BCUT2D eigenvalue weighted by atomic mass is 32.2. The van der Waals surface area contributed by atoms with Crippen molar-refractivity contribution < 1.29 is 0 Å². The van der Waals surface area contributed by atoms with Crippen LogP contribution in [0.25, 0.3) is 20.2 Å². The number of rotatable bonds is 5. The number of para-hydroxylation sites is 1. The predicted octanol–water partition coefficient (Wildman–Crippen LogP) is 12.1.